The van der Waals surface area contributed by atoms with Crippen LogP contribution < -0.4 is 0 Å². The van der Waals surface area contributed by atoms with Gasteiger partial charge in [-0.1, -0.05) is 0 Å². The summed E-state index contributed by atoms with van der Waals surface area (Å²) in [5, 5.41) is 20.1. The molecular weight excluding hydrogens is 236 g/mol. The van der Waals surface area contributed by atoms with Crippen molar-refractivity contribution in [3.8, 4) is 5.75 Å². The first kappa shape index (κ1) is 11.8. The van der Waals surface area contributed by atoms with Gasteiger partial charge in [0.05, 0.1) is 11.1 Å². The lowest BCUT2D eigenvalue weighted by molar-refractivity contribution is -0.384. The molecule has 1 N–H and O–H groups in total. The van der Waals surface area contributed by atoms with E-state index in [-0.39, 0.29) is 17.1 Å². The van der Waals surface area contributed by atoms with Crippen molar-refractivity contribution in [3.05, 3.63) is 52.0 Å². The molecule has 6 nitrogen and oxygen atoms in total. The van der Waals surface area contributed by atoms with Crippen molar-refractivity contribution in [3.63, 3.8) is 0 Å². The number of phenols is 1. The number of rotatable bonds is 3. The summed E-state index contributed by atoms with van der Waals surface area (Å²) < 4.78 is 5.26. The number of non-ortho nitro benzene ring substituents is 1. The maximum atomic E-state index is 10.6. The van der Waals surface area contributed by atoms with Gasteiger partial charge in [0.25, 0.3) is 5.69 Å². The molecular formula is C12H10N2O4. The molecule has 92 valence electrons. The number of furan rings is 1. The van der Waals surface area contributed by atoms with Gasteiger partial charge in [-0.2, -0.15) is 0 Å². The summed E-state index contributed by atoms with van der Waals surface area (Å²) in [4.78, 5) is 14.0. The predicted molar refractivity (Wildman–Crippen MR) is 65.5 cm³/mol. The maximum Gasteiger partial charge on any atom is 0.271 e. The lowest BCUT2D eigenvalue weighted by atomic mass is 10.2. The molecule has 18 heavy (non-hydrogen) atoms. The number of aryl methyl sites for hydroxylation is 1. The first-order valence-electron chi connectivity index (χ1n) is 5.14. The largest absolute Gasteiger partial charge is 0.506 e. The fraction of sp³-hybridized carbons (Fsp3) is 0.0833. The number of hydrogen-bond donors (Lipinski definition) is 1. The van der Waals surface area contributed by atoms with E-state index in [1.165, 1.54) is 24.4 Å². The highest BCUT2D eigenvalue weighted by Gasteiger charge is 2.09. The first-order chi connectivity index (χ1) is 8.56. The Kier molecular flexibility index (Phi) is 3.09. The molecule has 0 amide bonds. The third-order valence-electron chi connectivity index (χ3n) is 2.26. The summed E-state index contributed by atoms with van der Waals surface area (Å²) in [5.41, 5.74) is -0.00571. The molecule has 0 bridgehead atoms. The lowest BCUT2D eigenvalue weighted by Crippen LogP contribution is -1.86. The highest BCUT2D eigenvalue weighted by molar-refractivity contribution is 5.80. The van der Waals surface area contributed by atoms with Gasteiger partial charge in [0, 0.05) is 12.1 Å². The van der Waals surface area contributed by atoms with E-state index < -0.39 is 4.92 Å². The van der Waals surface area contributed by atoms with Gasteiger partial charge in [-0.3, -0.25) is 10.1 Å². The molecule has 6 heteroatoms. The van der Waals surface area contributed by atoms with Crippen molar-refractivity contribution >= 4 is 17.6 Å². The van der Waals surface area contributed by atoms with E-state index in [2.05, 4.69) is 4.99 Å². The van der Waals surface area contributed by atoms with E-state index in [0.717, 1.165) is 5.76 Å². The normalized spacial score (nSPS) is 10.9. The SMILES string of the molecule is Cc1ccc(C=Nc2cc([N+](=O)[O-])ccc2O)o1. The fourth-order valence-electron chi connectivity index (χ4n) is 1.38. The van der Waals surface area contributed by atoms with Crippen molar-refractivity contribution in [2.24, 2.45) is 4.99 Å². The topological polar surface area (TPSA) is 88.9 Å². The van der Waals surface area contributed by atoms with E-state index in [0.29, 0.717) is 5.76 Å². The molecule has 2 aromatic rings. The number of phenolic OH excluding ortho intramolecular Hbond substituents is 1. The molecule has 0 saturated heterocycles. The molecule has 2 rings (SSSR count). The summed E-state index contributed by atoms with van der Waals surface area (Å²) in [6.45, 7) is 1.79. The zero-order valence-corrected chi connectivity index (χ0v) is 9.53. The monoisotopic (exact) mass is 246 g/mol. The molecule has 0 atom stereocenters. The van der Waals surface area contributed by atoms with Gasteiger partial charge in [-0.05, 0) is 25.1 Å². The number of benzene rings is 1. The second kappa shape index (κ2) is 4.70. The Balaban J connectivity index is 2.30. The molecule has 0 aliphatic heterocycles. The molecule has 0 aliphatic rings. The van der Waals surface area contributed by atoms with Crippen LogP contribution in [-0.2, 0) is 0 Å². The van der Waals surface area contributed by atoms with Crippen LogP contribution in [0.25, 0.3) is 0 Å². The number of aliphatic imine (C=N–C) groups is 1. The van der Waals surface area contributed by atoms with Crippen LogP contribution in [0.4, 0.5) is 11.4 Å². The number of hydrogen-bond acceptors (Lipinski definition) is 5. The van der Waals surface area contributed by atoms with Gasteiger partial charge in [-0.25, -0.2) is 4.99 Å². The van der Waals surface area contributed by atoms with Crippen molar-refractivity contribution in [2.45, 2.75) is 6.92 Å². The Hall–Kier alpha value is -2.63. The minimum Gasteiger partial charge on any atom is -0.506 e. The quantitative estimate of drug-likeness (QED) is 0.512. The van der Waals surface area contributed by atoms with Crippen molar-refractivity contribution in [2.75, 3.05) is 0 Å². The molecule has 0 saturated carbocycles. The Morgan fingerprint density at radius 2 is 2.17 bits per heavy atom. The molecule has 1 aromatic carbocycles. The fourth-order valence-corrected chi connectivity index (χ4v) is 1.38. The second-order valence-corrected chi connectivity index (χ2v) is 3.64. The number of aromatic hydroxyl groups is 1. The summed E-state index contributed by atoms with van der Waals surface area (Å²) in [5.74, 6) is 1.12. The van der Waals surface area contributed by atoms with Crippen molar-refractivity contribution < 1.29 is 14.4 Å². The third-order valence-corrected chi connectivity index (χ3v) is 2.26. The minimum atomic E-state index is -0.546. The Morgan fingerprint density at radius 1 is 1.39 bits per heavy atom. The van der Waals surface area contributed by atoms with Crippen LogP contribution in [0, 0.1) is 17.0 Å². The van der Waals surface area contributed by atoms with E-state index in [1.807, 2.05) is 0 Å². The minimum absolute atomic E-state index is 0.123. The average Bonchev–Trinajstić information content (AvgIpc) is 2.74. The van der Waals surface area contributed by atoms with Crippen molar-refractivity contribution in [1.29, 1.82) is 0 Å². The average molecular weight is 246 g/mol. The third kappa shape index (κ3) is 2.54. The highest BCUT2D eigenvalue weighted by atomic mass is 16.6. The van der Waals surface area contributed by atoms with Crippen LogP contribution in [0.5, 0.6) is 5.75 Å². The maximum absolute atomic E-state index is 10.6. The smallest absolute Gasteiger partial charge is 0.271 e. The van der Waals surface area contributed by atoms with Gasteiger partial charge >= 0.3 is 0 Å². The summed E-state index contributed by atoms with van der Waals surface area (Å²) >= 11 is 0. The molecule has 0 aliphatic carbocycles. The van der Waals surface area contributed by atoms with Crippen LogP contribution in [0.2, 0.25) is 0 Å². The van der Waals surface area contributed by atoms with E-state index >= 15 is 0 Å². The summed E-state index contributed by atoms with van der Waals surface area (Å²) in [6, 6.07) is 7.13. The summed E-state index contributed by atoms with van der Waals surface area (Å²) in [7, 11) is 0. The van der Waals surface area contributed by atoms with Gasteiger partial charge in [-0.15, -0.1) is 0 Å². The van der Waals surface area contributed by atoms with E-state index in [9.17, 15) is 15.2 Å². The van der Waals surface area contributed by atoms with Gasteiger partial charge in [0.2, 0.25) is 0 Å². The molecule has 0 unspecified atom stereocenters. The molecule has 0 fully saturated rings. The highest BCUT2D eigenvalue weighted by Crippen LogP contribution is 2.30. The zero-order valence-electron chi connectivity index (χ0n) is 9.53. The zero-order chi connectivity index (χ0) is 13.1. The lowest BCUT2D eigenvalue weighted by Gasteiger charge is -1.97. The number of nitrogens with zero attached hydrogens (tertiary/aromatic N) is 2. The Morgan fingerprint density at radius 3 is 2.78 bits per heavy atom. The summed E-state index contributed by atoms with van der Waals surface area (Å²) in [6.07, 6.45) is 1.39. The molecule has 0 spiro atoms. The molecule has 1 aromatic heterocycles. The van der Waals surface area contributed by atoms with Gasteiger partial charge in [0.1, 0.15) is 23.0 Å². The number of nitro benzene ring substituents is 1. The molecule has 0 radical (unpaired) electrons. The van der Waals surface area contributed by atoms with Crippen LogP contribution in [0.1, 0.15) is 11.5 Å². The van der Waals surface area contributed by atoms with Crippen LogP contribution in [-0.4, -0.2) is 16.2 Å². The van der Waals surface area contributed by atoms with Gasteiger partial charge < -0.3 is 9.52 Å². The van der Waals surface area contributed by atoms with Gasteiger partial charge in [0.15, 0.2) is 0 Å². The van der Waals surface area contributed by atoms with E-state index in [4.69, 9.17) is 4.42 Å². The molecule has 1 heterocycles. The predicted octanol–water partition coefficient (Wildman–Crippen LogP) is 2.95. The Labute approximate surface area is 102 Å². The van der Waals surface area contributed by atoms with Crippen LogP contribution in [0.15, 0.2) is 39.7 Å². The van der Waals surface area contributed by atoms with Crippen LogP contribution in [0.3, 0.4) is 0 Å². The Bertz CT molecular complexity index is 616. The standard InChI is InChI=1S/C12H10N2O4/c1-8-2-4-10(18-8)7-13-11-6-9(14(16)17)3-5-12(11)15/h2-7,15H,1H3. The van der Waals surface area contributed by atoms with Crippen LogP contribution >= 0.6 is 0 Å². The second-order valence-electron chi connectivity index (χ2n) is 3.64. The number of nitro groups is 1. The van der Waals surface area contributed by atoms with Crippen molar-refractivity contribution in [1.82, 2.24) is 0 Å². The first-order valence-corrected chi connectivity index (χ1v) is 5.14. The van der Waals surface area contributed by atoms with E-state index in [1.54, 1.807) is 19.1 Å².